The molecule has 1 aromatic carbocycles. The number of nitrogens with zero attached hydrogens (tertiary/aromatic N) is 4. The molecule has 5 heterocycles. The molecule has 0 spiro atoms. The quantitative estimate of drug-likeness (QED) is 0.404. The molecule has 2 N–H and O–H groups in total. The van der Waals surface area contributed by atoms with Gasteiger partial charge in [-0.25, -0.2) is 0 Å². The van der Waals surface area contributed by atoms with Crippen LogP contribution in [0.25, 0.3) is 11.3 Å². The highest BCUT2D eigenvalue weighted by Crippen LogP contribution is 2.41. The average molecular weight is 583 g/mol. The highest BCUT2D eigenvalue weighted by Gasteiger charge is 2.44. The minimum absolute atomic E-state index is 0.0957. The smallest absolute Gasteiger partial charge is 0.262 e. The van der Waals surface area contributed by atoms with E-state index in [0.29, 0.717) is 17.9 Å². The molecule has 3 fully saturated rings. The summed E-state index contributed by atoms with van der Waals surface area (Å²) in [6.45, 7) is 4.25. The second kappa shape index (κ2) is 11.0. The van der Waals surface area contributed by atoms with Crippen molar-refractivity contribution < 1.29 is 23.9 Å². The molecule has 1 aliphatic carbocycles. The van der Waals surface area contributed by atoms with E-state index in [1.54, 1.807) is 18.2 Å². The zero-order valence-corrected chi connectivity index (χ0v) is 24.0. The largest absolute Gasteiger partial charge is 0.385 e. The minimum Gasteiger partial charge on any atom is -0.385 e. The number of pyridine rings is 1. The Morgan fingerprint density at radius 2 is 1.77 bits per heavy atom. The topological polar surface area (TPSA) is 136 Å². The molecule has 4 aliphatic rings. The monoisotopic (exact) mass is 582 g/mol. The summed E-state index contributed by atoms with van der Waals surface area (Å²) in [6.07, 6.45) is 6.29. The first-order valence-corrected chi connectivity index (χ1v) is 15.1. The van der Waals surface area contributed by atoms with Crippen LogP contribution in [0, 0.1) is 12.8 Å². The number of ether oxygens (including phenoxy) is 1. The van der Waals surface area contributed by atoms with Crippen LogP contribution in [0.2, 0.25) is 0 Å². The second-order valence-electron chi connectivity index (χ2n) is 12.0. The molecule has 1 unspecified atom stereocenters. The number of piperidine rings is 1. The summed E-state index contributed by atoms with van der Waals surface area (Å²) in [5.41, 5.74) is 5.49. The maximum absolute atomic E-state index is 13.1. The normalized spacial score (nSPS) is 24.1. The fourth-order valence-electron chi connectivity index (χ4n) is 6.68. The molecule has 4 amide bonds. The second-order valence-corrected chi connectivity index (χ2v) is 12.0. The summed E-state index contributed by atoms with van der Waals surface area (Å²) in [6, 6.07) is 10.6. The van der Waals surface area contributed by atoms with Crippen LogP contribution in [0.5, 0.6) is 0 Å². The number of carbonyl (C=O) groups excluding carboxylic acids is 4. The molecular formula is C32H34N6O5. The van der Waals surface area contributed by atoms with E-state index in [9.17, 15) is 19.2 Å². The Morgan fingerprint density at radius 1 is 0.977 bits per heavy atom. The van der Waals surface area contributed by atoms with E-state index in [1.165, 1.54) is 0 Å². The summed E-state index contributed by atoms with van der Waals surface area (Å²) < 4.78 is 7.73. The molecule has 0 bridgehead atoms. The molecule has 0 radical (unpaired) electrons. The Labute approximate surface area is 249 Å². The molecule has 11 heteroatoms. The lowest BCUT2D eigenvalue weighted by molar-refractivity contribution is -0.136. The van der Waals surface area contributed by atoms with E-state index < -0.39 is 29.7 Å². The van der Waals surface area contributed by atoms with E-state index in [0.717, 1.165) is 78.7 Å². The standard InChI is InChI=1S/C32H34N6O5/c1-18-3-2-4-26(34-18)25-17-37(36-29(25)20-9-11-43-12-10-20)22-13-19(14-22)16-33-21-5-6-23-24(15-21)32(42)38(31(23)41)27-7-8-28(39)35-30(27)40/h2-6,15,17,19-20,22,27,33H,7-14,16H2,1H3,(H,35,39,40)/t19-,22-,27?. The molecule has 11 nitrogen and oxygen atoms in total. The van der Waals surface area contributed by atoms with Gasteiger partial charge in [-0.05, 0) is 75.3 Å². The maximum Gasteiger partial charge on any atom is 0.262 e. The number of nitrogens with one attached hydrogen (secondary N) is 2. The van der Waals surface area contributed by atoms with E-state index in [4.69, 9.17) is 14.8 Å². The van der Waals surface area contributed by atoms with Gasteiger partial charge in [-0.15, -0.1) is 0 Å². The predicted octanol–water partition coefficient (Wildman–Crippen LogP) is 3.61. The van der Waals surface area contributed by atoms with Gasteiger partial charge in [0.15, 0.2) is 0 Å². The number of benzene rings is 1. The third-order valence-corrected chi connectivity index (χ3v) is 9.15. The first-order chi connectivity index (χ1) is 20.9. The van der Waals surface area contributed by atoms with Crippen molar-refractivity contribution in [1.82, 2.24) is 25.0 Å². The lowest BCUT2D eigenvalue weighted by Crippen LogP contribution is -2.54. The highest BCUT2D eigenvalue weighted by molar-refractivity contribution is 6.23. The molecule has 1 saturated carbocycles. The molecule has 2 saturated heterocycles. The number of hydrogen-bond acceptors (Lipinski definition) is 8. The van der Waals surface area contributed by atoms with Crippen molar-refractivity contribution in [2.45, 2.75) is 63.5 Å². The van der Waals surface area contributed by atoms with Gasteiger partial charge in [0.25, 0.3) is 11.8 Å². The highest BCUT2D eigenvalue weighted by atomic mass is 16.5. The van der Waals surface area contributed by atoms with Crippen molar-refractivity contribution in [3.05, 3.63) is 65.1 Å². The van der Waals surface area contributed by atoms with Crippen molar-refractivity contribution >= 4 is 29.3 Å². The molecule has 7 rings (SSSR count). The SMILES string of the molecule is Cc1cccc(-c2cn([C@H]3C[C@H](CNc4ccc5c(c4)C(=O)N(C4CCC(=O)NC4=O)C5=O)C3)nc2C2CCOCC2)n1. The number of carbonyl (C=O) groups is 4. The number of aryl methyl sites for hydroxylation is 1. The first-order valence-electron chi connectivity index (χ1n) is 15.1. The Kier molecular flexibility index (Phi) is 7.04. The van der Waals surface area contributed by atoms with Crippen molar-refractivity contribution in [2.24, 2.45) is 5.92 Å². The van der Waals surface area contributed by atoms with E-state index in [1.807, 2.05) is 19.1 Å². The Hall–Kier alpha value is -4.38. The van der Waals surface area contributed by atoms with E-state index in [2.05, 4.69) is 27.6 Å². The van der Waals surface area contributed by atoms with Crippen LogP contribution >= 0.6 is 0 Å². The van der Waals surface area contributed by atoms with Crippen molar-refractivity contribution in [3.63, 3.8) is 0 Å². The molecule has 3 aliphatic heterocycles. The molecule has 43 heavy (non-hydrogen) atoms. The summed E-state index contributed by atoms with van der Waals surface area (Å²) in [5, 5.41) is 10.8. The van der Waals surface area contributed by atoms with Gasteiger partial charge in [0, 0.05) is 55.2 Å². The van der Waals surface area contributed by atoms with Gasteiger partial charge in [-0.3, -0.25) is 39.1 Å². The van der Waals surface area contributed by atoms with E-state index >= 15 is 0 Å². The van der Waals surface area contributed by atoms with Gasteiger partial charge in [0.1, 0.15) is 6.04 Å². The predicted molar refractivity (Wildman–Crippen MR) is 156 cm³/mol. The zero-order chi connectivity index (χ0) is 29.7. The summed E-state index contributed by atoms with van der Waals surface area (Å²) in [4.78, 5) is 55.8. The number of fused-ring (bicyclic) bond motifs is 1. The summed E-state index contributed by atoms with van der Waals surface area (Å²) in [7, 11) is 0. The van der Waals surface area contributed by atoms with Crippen LogP contribution < -0.4 is 10.6 Å². The molecular weight excluding hydrogens is 548 g/mol. The molecule has 222 valence electrons. The van der Waals surface area contributed by atoms with E-state index in [-0.39, 0.29) is 24.0 Å². The molecule has 2 aromatic heterocycles. The van der Waals surface area contributed by atoms with Crippen molar-refractivity contribution in [2.75, 3.05) is 25.1 Å². The molecule has 1 atom stereocenters. The summed E-state index contributed by atoms with van der Waals surface area (Å²) in [5.74, 6) is -1.19. The van der Waals surface area contributed by atoms with Crippen LogP contribution in [0.1, 0.15) is 82.6 Å². The van der Waals surface area contributed by atoms with Crippen LogP contribution in [0.4, 0.5) is 5.69 Å². The molecule has 3 aromatic rings. The third-order valence-electron chi connectivity index (χ3n) is 9.15. The Bertz CT molecular complexity index is 1620. The van der Waals surface area contributed by atoms with Gasteiger partial charge >= 0.3 is 0 Å². The van der Waals surface area contributed by atoms with Crippen LogP contribution in [0.3, 0.4) is 0 Å². The number of anilines is 1. The lowest BCUT2D eigenvalue weighted by atomic mass is 9.80. The minimum atomic E-state index is -0.968. The zero-order valence-electron chi connectivity index (χ0n) is 24.0. The average Bonchev–Trinajstić information content (AvgIpc) is 3.52. The van der Waals surface area contributed by atoms with Gasteiger partial charge in [0.05, 0.1) is 28.6 Å². The van der Waals surface area contributed by atoms with Crippen molar-refractivity contribution in [3.8, 4) is 11.3 Å². The van der Waals surface area contributed by atoms with Gasteiger partial charge in [-0.1, -0.05) is 6.07 Å². The fourth-order valence-corrected chi connectivity index (χ4v) is 6.68. The Balaban J connectivity index is 1.00. The van der Waals surface area contributed by atoms with Crippen LogP contribution in [0.15, 0.2) is 42.6 Å². The number of imide groups is 2. The van der Waals surface area contributed by atoms with Crippen LogP contribution in [-0.2, 0) is 14.3 Å². The number of aromatic nitrogens is 3. The number of hydrogen-bond donors (Lipinski definition) is 2. The number of amides is 4. The van der Waals surface area contributed by atoms with Crippen LogP contribution in [-0.4, -0.2) is 69.1 Å². The summed E-state index contributed by atoms with van der Waals surface area (Å²) >= 11 is 0. The maximum atomic E-state index is 13.1. The fraction of sp³-hybridized carbons (Fsp3) is 0.438. The number of rotatable bonds is 7. The van der Waals surface area contributed by atoms with Gasteiger partial charge in [-0.2, -0.15) is 5.10 Å². The Morgan fingerprint density at radius 3 is 2.53 bits per heavy atom. The van der Waals surface area contributed by atoms with Crippen molar-refractivity contribution in [1.29, 1.82) is 0 Å². The van der Waals surface area contributed by atoms with Gasteiger partial charge in [0.2, 0.25) is 11.8 Å². The lowest BCUT2D eigenvalue weighted by Gasteiger charge is -2.35. The third kappa shape index (κ3) is 5.11. The van der Waals surface area contributed by atoms with Gasteiger partial charge < -0.3 is 10.1 Å². The first kappa shape index (κ1) is 27.5.